The highest BCUT2D eigenvalue weighted by molar-refractivity contribution is 7.59. The molecule has 4 aromatic rings. The minimum Gasteiger partial charge on any atom is -0.384 e. The first kappa shape index (κ1) is 27.0. The number of anilines is 1. The van der Waals surface area contributed by atoms with Crippen LogP contribution in [0.1, 0.15) is 57.1 Å². The summed E-state index contributed by atoms with van der Waals surface area (Å²) in [7, 11) is 0.460. The van der Waals surface area contributed by atoms with E-state index < -0.39 is 0 Å². The molecule has 4 nitrogen and oxygen atoms in total. The third kappa shape index (κ3) is 6.34. The van der Waals surface area contributed by atoms with Gasteiger partial charge in [0.1, 0.15) is 0 Å². The minimum atomic E-state index is 0.0344. The van der Waals surface area contributed by atoms with Gasteiger partial charge in [-0.15, -0.1) is 0 Å². The first-order valence-corrected chi connectivity index (χ1v) is 14.6. The summed E-state index contributed by atoms with van der Waals surface area (Å²) in [6, 6.07) is 31.7. The number of nitrogens with zero attached hydrogens (tertiary/aromatic N) is 3. The van der Waals surface area contributed by atoms with Crippen molar-refractivity contribution in [3.8, 4) is 11.1 Å². The third-order valence-corrected chi connectivity index (χ3v) is 9.27. The Morgan fingerprint density at radius 1 is 0.744 bits per heavy atom. The summed E-state index contributed by atoms with van der Waals surface area (Å²) in [6.07, 6.45) is 3.73. The Morgan fingerprint density at radius 2 is 1.41 bits per heavy atom. The summed E-state index contributed by atoms with van der Waals surface area (Å²) in [4.78, 5) is 14.8. The van der Waals surface area contributed by atoms with Gasteiger partial charge in [-0.25, -0.2) is 4.99 Å². The lowest BCUT2D eigenvalue weighted by Crippen LogP contribution is -2.36. The van der Waals surface area contributed by atoms with Crippen molar-refractivity contribution in [2.45, 2.75) is 40.4 Å². The van der Waals surface area contributed by atoms with Gasteiger partial charge in [-0.1, -0.05) is 101 Å². The van der Waals surface area contributed by atoms with Gasteiger partial charge in [0.2, 0.25) is 0 Å². The van der Waals surface area contributed by atoms with Gasteiger partial charge in [-0.05, 0) is 54.8 Å². The van der Waals surface area contributed by atoms with Crippen molar-refractivity contribution in [1.29, 1.82) is 0 Å². The first-order valence-electron chi connectivity index (χ1n) is 13.5. The van der Waals surface area contributed by atoms with Crippen LogP contribution < -0.4 is 5.32 Å². The number of hydrogen-bond acceptors (Lipinski definition) is 4. The molecule has 0 aliphatic carbocycles. The van der Waals surface area contributed by atoms with E-state index in [1.807, 2.05) is 24.5 Å². The third-order valence-electron chi connectivity index (χ3n) is 7.86. The fourth-order valence-corrected chi connectivity index (χ4v) is 5.58. The molecular formula is C34H37N4P. The summed E-state index contributed by atoms with van der Waals surface area (Å²) in [5, 5.41) is 3.74. The molecule has 198 valence electrons. The van der Waals surface area contributed by atoms with E-state index in [9.17, 15) is 0 Å². The Labute approximate surface area is 234 Å². The van der Waals surface area contributed by atoms with Crippen molar-refractivity contribution < 1.29 is 0 Å². The lowest BCUT2D eigenvalue weighted by atomic mass is 9.69. The monoisotopic (exact) mass is 532 g/mol. The predicted molar refractivity (Wildman–Crippen MR) is 168 cm³/mol. The summed E-state index contributed by atoms with van der Waals surface area (Å²) in [6.45, 7) is 12.4. The highest BCUT2D eigenvalue weighted by Crippen LogP contribution is 2.43. The molecule has 0 radical (unpaired) electrons. The number of pyridine rings is 1. The van der Waals surface area contributed by atoms with E-state index in [0.717, 1.165) is 45.8 Å². The van der Waals surface area contributed by atoms with E-state index in [2.05, 4.69) is 124 Å². The van der Waals surface area contributed by atoms with Gasteiger partial charge in [0, 0.05) is 41.3 Å². The van der Waals surface area contributed by atoms with Gasteiger partial charge in [-0.2, -0.15) is 0 Å². The van der Waals surface area contributed by atoms with Crippen molar-refractivity contribution in [2.24, 2.45) is 20.8 Å². The topological polar surface area (TPSA) is 49.6 Å². The Bertz CT molecular complexity index is 1470. The highest BCUT2D eigenvalue weighted by atomic mass is 31.1. The minimum absolute atomic E-state index is 0.0344. The van der Waals surface area contributed by atoms with Gasteiger partial charge in [-0.3, -0.25) is 9.98 Å². The summed E-state index contributed by atoms with van der Waals surface area (Å²) in [5.74, 6) is 0.803. The van der Waals surface area contributed by atoms with Crippen molar-refractivity contribution in [2.75, 3.05) is 11.9 Å². The van der Waals surface area contributed by atoms with Crippen molar-refractivity contribution in [3.63, 3.8) is 0 Å². The van der Waals surface area contributed by atoms with E-state index in [0.29, 0.717) is 8.58 Å². The van der Waals surface area contributed by atoms with Gasteiger partial charge >= 0.3 is 0 Å². The van der Waals surface area contributed by atoms with Crippen LogP contribution >= 0.6 is 8.58 Å². The summed E-state index contributed by atoms with van der Waals surface area (Å²) >= 11 is 0. The molecule has 5 heteroatoms. The molecule has 0 spiro atoms. The normalized spacial score (nSPS) is 16.5. The van der Waals surface area contributed by atoms with Crippen LogP contribution in [0, 0.1) is 10.8 Å². The molecule has 0 amide bonds. The maximum absolute atomic E-state index is 5.22. The molecule has 0 saturated carbocycles. The molecule has 2 atom stereocenters. The predicted octanol–water partition coefficient (Wildman–Crippen LogP) is 8.82. The molecule has 2 heterocycles. The zero-order chi connectivity index (χ0) is 27.5. The maximum Gasteiger partial charge on any atom is 0.156 e. The van der Waals surface area contributed by atoms with Gasteiger partial charge in [0.25, 0.3) is 0 Å². The molecule has 1 N–H and O–H groups in total. The number of amidine groups is 1. The van der Waals surface area contributed by atoms with Crippen LogP contribution in [0.15, 0.2) is 113 Å². The Hall–Kier alpha value is -3.62. The summed E-state index contributed by atoms with van der Waals surface area (Å²) < 4.78 is 0. The molecule has 0 bridgehead atoms. The molecule has 3 aromatic carbocycles. The zero-order valence-electron chi connectivity index (χ0n) is 23.4. The lowest BCUT2D eigenvalue weighted by molar-refractivity contribution is 0.148. The summed E-state index contributed by atoms with van der Waals surface area (Å²) in [5.41, 5.74) is 7.95. The second-order valence-corrected chi connectivity index (χ2v) is 13.1. The number of hydrogen-bond donors (Lipinski definition) is 1. The number of aliphatic imine (C=N–C) groups is 2. The van der Waals surface area contributed by atoms with Crippen molar-refractivity contribution >= 4 is 25.6 Å². The van der Waals surface area contributed by atoms with E-state index in [-0.39, 0.29) is 16.6 Å². The van der Waals surface area contributed by atoms with Crippen LogP contribution in [0.3, 0.4) is 0 Å². The molecule has 2 unspecified atom stereocenters. The quantitative estimate of drug-likeness (QED) is 0.242. The molecule has 1 aromatic heterocycles. The number of rotatable bonds is 7. The van der Waals surface area contributed by atoms with Crippen LogP contribution in [0.2, 0.25) is 0 Å². The Balaban J connectivity index is 1.60. The van der Waals surface area contributed by atoms with Crippen LogP contribution in [0.5, 0.6) is 0 Å². The van der Waals surface area contributed by atoms with Crippen LogP contribution in [0.25, 0.3) is 11.1 Å². The zero-order valence-corrected chi connectivity index (χ0v) is 24.4. The maximum atomic E-state index is 5.22. The molecule has 1 aliphatic rings. The molecule has 0 fully saturated rings. The van der Waals surface area contributed by atoms with Gasteiger partial charge in [0.15, 0.2) is 5.84 Å². The van der Waals surface area contributed by atoms with Crippen molar-refractivity contribution in [1.82, 2.24) is 4.98 Å². The molecule has 5 rings (SSSR count). The average molecular weight is 533 g/mol. The second kappa shape index (κ2) is 11.2. The van der Waals surface area contributed by atoms with E-state index >= 15 is 0 Å². The lowest BCUT2D eigenvalue weighted by Gasteiger charge is -2.39. The molecule has 0 saturated heterocycles. The first-order chi connectivity index (χ1) is 18.7. The Morgan fingerprint density at radius 3 is 2.08 bits per heavy atom. The van der Waals surface area contributed by atoms with Crippen LogP contribution in [-0.2, 0) is 0 Å². The number of benzene rings is 3. The largest absolute Gasteiger partial charge is 0.384 e. The van der Waals surface area contributed by atoms with E-state index in [4.69, 9.17) is 9.98 Å². The van der Waals surface area contributed by atoms with E-state index in [1.54, 1.807) is 0 Å². The average Bonchev–Trinajstić information content (AvgIpc) is 2.96. The van der Waals surface area contributed by atoms with Crippen LogP contribution in [-0.4, -0.2) is 22.8 Å². The van der Waals surface area contributed by atoms with Gasteiger partial charge < -0.3 is 5.32 Å². The SMILES string of the molecule is CC(C)(C)C(C)(C)CNc1cc(C2=NC(c3ccccc3)PC(c3ccccc3)=N2)cc(-c2cccnc2)c1. The van der Waals surface area contributed by atoms with Crippen molar-refractivity contribution in [3.05, 3.63) is 120 Å². The fourth-order valence-electron chi connectivity index (χ4n) is 4.27. The van der Waals surface area contributed by atoms with E-state index in [1.165, 1.54) is 5.56 Å². The smallest absolute Gasteiger partial charge is 0.156 e. The van der Waals surface area contributed by atoms with Crippen LogP contribution in [0.4, 0.5) is 5.69 Å². The Kier molecular flexibility index (Phi) is 7.77. The second-order valence-electron chi connectivity index (χ2n) is 11.8. The standard InChI is InChI=1S/C34H37N4P/c1-33(2,3)34(4,5)23-36-29-20-27(26-17-12-18-35-22-26)19-28(21-29)30-37-31(24-13-8-6-9-14-24)39-32(38-30)25-15-10-7-11-16-25/h6-22,31,36,39H,23H2,1-5H3. The number of nitrogens with one attached hydrogen (secondary N) is 1. The number of aromatic nitrogens is 1. The molecule has 1 aliphatic heterocycles. The van der Waals surface area contributed by atoms with Gasteiger partial charge in [0.05, 0.1) is 11.2 Å². The molecule has 39 heavy (non-hydrogen) atoms. The molecular weight excluding hydrogens is 495 g/mol. The fraction of sp³-hybridized carbons (Fsp3) is 0.265. The highest BCUT2D eigenvalue weighted by Gasteiger charge is 2.32.